The van der Waals surface area contributed by atoms with Gasteiger partial charge in [-0.2, -0.15) is 0 Å². The van der Waals surface area contributed by atoms with Crippen LogP contribution in [0.5, 0.6) is 0 Å². The maximum atomic E-state index is 2.24. The standard InChI is InChI=1S/C11H18N/c1-9-6-10(2)8-11(7-9)12(3,4)5/h6-8H,1-5H3/q+1. The highest BCUT2D eigenvalue weighted by Gasteiger charge is 2.11. The van der Waals surface area contributed by atoms with Crippen molar-refractivity contribution in [2.45, 2.75) is 13.8 Å². The molecule has 66 valence electrons. The summed E-state index contributed by atoms with van der Waals surface area (Å²) in [5.74, 6) is 0. The van der Waals surface area contributed by atoms with Crippen LogP contribution in [0.25, 0.3) is 0 Å². The minimum Gasteiger partial charge on any atom is -0.298 e. The fourth-order valence-electron chi connectivity index (χ4n) is 1.34. The number of quaternary nitrogens is 1. The van der Waals surface area contributed by atoms with Gasteiger partial charge in [0.2, 0.25) is 0 Å². The SMILES string of the molecule is Cc1cc(C)cc([N+](C)(C)C)c1. The summed E-state index contributed by atoms with van der Waals surface area (Å²) in [6.45, 7) is 4.29. The van der Waals surface area contributed by atoms with E-state index in [0.29, 0.717) is 0 Å². The van der Waals surface area contributed by atoms with E-state index in [4.69, 9.17) is 0 Å². The maximum Gasteiger partial charge on any atom is 0.132 e. The van der Waals surface area contributed by atoms with E-state index in [1.165, 1.54) is 16.8 Å². The normalized spacial score (nSPS) is 11.8. The fraction of sp³-hybridized carbons (Fsp3) is 0.455. The number of hydrogen-bond acceptors (Lipinski definition) is 0. The molecule has 0 spiro atoms. The van der Waals surface area contributed by atoms with E-state index in [9.17, 15) is 0 Å². The molecule has 1 aromatic rings. The van der Waals surface area contributed by atoms with Gasteiger partial charge in [-0.1, -0.05) is 6.07 Å². The van der Waals surface area contributed by atoms with E-state index in [-0.39, 0.29) is 0 Å². The van der Waals surface area contributed by atoms with Crippen LogP contribution in [0.1, 0.15) is 11.1 Å². The summed E-state index contributed by atoms with van der Waals surface area (Å²) in [4.78, 5) is 0. The highest BCUT2D eigenvalue weighted by molar-refractivity contribution is 5.46. The molecule has 0 bridgehead atoms. The van der Waals surface area contributed by atoms with E-state index in [2.05, 4.69) is 53.2 Å². The molecule has 0 aliphatic carbocycles. The third-order valence-corrected chi connectivity index (χ3v) is 1.98. The molecule has 0 saturated heterocycles. The minimum absolute atomic E-state index is 0.891. The largest absolute Gasteiger partial charge is 0.298 e. The van der Waals surface area contributed by atoms with Gasteiger partial charge in [-0.3, -0.25) is 4.48 Å². The quantitative estimate of drug-likeness (QED) is 0.559. The Labute approximate surface area is 75.2 Å². The molecule has 0 fully saturated rings. The van der Waals surface area contributed by atoms with Gasteiger partial charge in [0.25, 0.3) is 0 Å². The molecule has 0 unspecified atom stereocenters. The summed E-state index contributed by atoms with van der Waals surface area (Å²) < 4.78 is 0.891. The Morgan fingerprint density at radius 3 is 1.58 bits per heavy atom. The van der Waals surface area contributed by atoms with Gasteiger partial charge in [0.1, 0.15) is 5.69 Å². The van der Waals surface area contributed by atoms with Crippen molar-refractivity contribution in [3.05, 3.63) is 29.3 Å². The van der Waals surface area contributed by atoms with Crippen LogP contribution < -0.4 is 4.48 Å². The van der Waals surface area contributed by atoms with Crippen molar-refractivity contribution in [1.29, 1.82) is 0 Å². The predicted molar refractivity (Wildman–Crippen MR) is 55.5 cm³/mol. The minimum atomic E-state index is 0.891. The van der Waals surface area contributed by atoms with Gasteiger partial charge < -0.3 is 0 Å². The lowest BCUT2D eigenvalue weighted by Gasteiger charge is -2.24. The van der Waals surface area contributed by atoms with E-state index >= 15 is 0 Å². The summed E-state index contributed by atoms with van der Waals surface area (Å²) >= 11 is 0. The fourth-order valence-corrected chi connectivity index (χ4v) is 1.34. The maximum absolute atomic E-state index is 2.24. The molecular weight excluding hydrogens is 146 g/mol. The third-order valence-electron chi connectivity index (χ3n) is 1.98. The zero-order chi connectivity index (χ0) is 9.35. The Morgan fingerprint density at radius 2 is 1.25 bits per heavy atom. The van der Waals surface area contributed by atoms with Crippen molar-refractivity contribution >= 4 is 5.69 Å². The second kappa shape index (κ2) is 2.91. The molecule has 1 aromatic carbocycles. The Kier molecular flexibility index (Phi) is 2.25. The van der Waals surface area contributed by atoms with Crippen LogP contribution in [0.15, 0.2) is 18.2 Å². The average Bonchev–Trinajstić information content (AvgIpc) is 1.82. The van der Waals surface area contributed by atoms with E-state index in [1.807, 2.05) is 0 Å². The summed E-state index contributed by atoms with van der Waals surface area (Å²) in [5, 5.41) is 0. The molecule has 0 aromatic heterocycles. The van der Waals surface area contributed by atoms with E-state index in [0.717, 1.165) is 4.48 Å². The summed E-state index contributed by atoms with van der Waals surface area (Å²) in [6.07, 6.45) is 0. The summed E-state index contributed by atoms with van der Waals surface area (Å²) in [5.41, 5.74) is 4.06. The van der Waals surface area contributed by atoms with Crippen LogP contribution in [-0.2, 0) is 0 Å². The van der Waals surface area contributed by atoms with Gasteiger partial charge in [0.05, 0.1) is 21.1 Å². The van der Waals surface area contributed by atoms with Gasteiger partial charge in [-0.25, -0.2) is 0 Å². The van der Waals surface area contributed by atoms with Crippen molar-refractivity contribution in [3.63, 3.8) is 0 Å². The molecule has 0 N–H and O–H groups in total. The first-order valence-electron chi connectivity index (χ1n) is 4.30. The van der Waals surface area contributed by atoms with Crippen molar-refractivity contribution in [2.75, 3.05) is 21.1 Å². The molecular formula is C11H18N+. The Morgan fingerprint density at radius 1 is 0.833 bits per heavy atom. The smallest absolute Gasteiger partial charge is 0.132 e. The molecule has 0 aliphatic rings. The molecule has 0 radical (unpaired) electrons. The van der Waals surface area contributed by atoms with Crippen molar-refractivity contribution in [1.82, 2.24) is 4.48 Å². The van der Waals surface area contributed by atoms with Gasteiger partial charge in [0.15, 0.2) is 0 Å². The molecule has 0 atom stereocenters. The number of nitrogens with zero attached hydrogens (tertiary/aromatic N) is 1. The average molecular weight is 164 g/mol. The summed E-state index contributed by atoms with van der Waals surface area (Å²) in [6, 6.07) is 6.69. The topological polar surface area (TPSA) is 0 Å². The molecule has 0 heterocycles. The van der Waals surface area contributed by atoms with Crippen LogP contribution in [0.2, 0.25) is 0 Å². The van der Waals surface area contributed by atoms with Crippen LogP contribution >= 0.6 is 0 Å². The molecule has 1 nitrogen and oxygen atoms in total. The molecule has 0 aliphatic heterocycles. The van der Waals surface area contributed by atoms with Crippen molar-refractivity contribution in [2.24, 2.45) is 0 Å². The first-order chi connectivity index (χ1) is 5.39. The lowest BCUT2D eigenvalue weighted by Crippen LogP contribution is -2.34. The first-order valence-corrected chi connectivity index (χ1v) is 4.30. The number of hydrogen-bond donors (Lipinski definition) is 0. The van der Waals surface area contributed by atoms with Crippen LogP contribution in [0, 0.1) is 13.8 Å². The zero-order valence-electron chi connectivity index (χ0n) is 8.68. The van der Waals surface area contributed by atoms with Gasteiger partial charge >= 0.3 is 0 Å². The molecule has 1 rings (SSSR count). The lowest BCUT2D eigenvalue weighted by atomic mass is 10.1. The van der Waals surface area contributed by atoms with E-state index < -0.39 is 0 Å². The van der Waals surface area contributed by atoms with Gasteiger partial charge in [0, 0.05) is 12.1 Å². The third kappa shape index (κ3) is 2.08. The van der Waals surface area contributed by atoms with E-state index in [1.54, 1.807) is 0 Å². The highest BCUT2D eigenvalue weighted by atomic mass is 15.3. The predicted octanol–water partition coefficient (Wildman–Crippen LogP) is 2.50. The summed E-state index contributed by atoms with van der Waals surface area (Å²) in [7, 11) is 6.57. The number of rotatable bonds is 1. The number of benzene rings is 1. The highest BCUT2D eigenvalue weighted by Crippen LogP contribution is 2.20. The molecule has 0 amide bonds. The Bertz CT molecular complexity index is 261. The monoisotopic (exact) mass is 164 g/mol. The lowest BCUT2D eigenvalue weighted by molar-refractivity contribution is 0.486. The van der Waals surface area contributed by atoms with Crippen LogP contribution in [0.3, 0.4) is 0 Å². The van der Waals surface area contributed by atoms with Crippen LogP contribution in [-0.4, -0.2) is 21.1 Å². The van der Waals surface area contributed by atoms with Crippen LogP contribution in [0.4, 0.5) is 5.69 Å². The van der Waals surface area contributed by atoms with Gasteiger partial charge in [-0.15, -0.1) is 0 Å². The second-order valence-electron chi connectivity index (χ2n) is 4.36. The molecule has 12 heavy (non-hydrogen) atoms. The first kappa shape index (κ1) is 9.27. The number of aryl methyl sites for hydroxylation is 2. The van der Waals surface area contributed by atoms with Crippen molar-refractivity contribution in [3.8, 4) is 0 Å². The molecule has 1 heteroatoms. The Balaban J connectivity index is 3.18. The molecule has 0 saturated carbocycles. The zero-order valence-corrected chi connectivity index (χ0v) is 8.68. The van der Waals surface area contributed by atoms with Crippen molar-refractivity contribution < 1.29 is 0 Å². The second-order valence-corrected chi connectivity index (χ2v) is 4.36. The Hall–Kier alpha value is -0.820. The van der Waals surface area contributed by atoms with Gasteiger partial charge in [-0.05, 0) is 25.0 Å².